The number of aromatic nitrogens is 1. The van der Waals surface area contributed by atoms with E-state index >= 15 is 0 Å². The third-order valence-corrected chi connectivity index (χ3v) is 4.57. The van der Waals surface area contributed by atoms with Crippen molar-refractivity contribution in [3.8, 4) is 12.1 Å². The molecule has 3 aromatic rings. The first-order chi connectivity index (χ1) is 16.1. The minimum absolute atomic E-state index is 0.00192. The van der Waals surface area contributed by atoms with E-state index in [4.69, 9.17) is 5.73 Å². The summed E-state index contributed by atoms with van der Waals surface area (Å²) in [6.07, 6.45) is -5.07. The molecule has 3 rings (SSSR count). The second kappa shape index (κ2) is 9.22. The number of azo groups is 1. The van der Waals surface area contributed by atoms with E-state index in [-0.39, 0.29) is 34.5 Å². The van der Waals surface area contributed by atoms with Crippen molar-refractivity contribution >= 4 is 34.4 Å². The number of anilines is 3. The van der Waals surface area contributed by atoms with E-state index in [1.165, 1.54) is 13.0 Å². The van der Waals surface area contributed by atoms with Crippen LogP contribution in [0.5, 0.6) is 0 Å². The predicted octanol–water partition coefficient (Wildman–Crippen LogP) is 5.80. The number of rotatable bonds is 5. The smallest absolute Gasteiger partial charge is 0.383 e. The van der Waals surface area contributed by atoms with Crippen LogP contribution in [0, 0.1) is 39.7 Å². The lowest BCUT2D eigenvalue weighted by molar-refractivity contribution is -0.385. The van der Waals surface area contributed by atoms with Crippen LogP contribution in [0.4, 0.5) is 47.6 Å². The van der Waals surface area contributed by atoms with Crippen LogP contribution in [0.2, 0.25) is 0 Å². The largest absolute Gasteiger partial charge is 0.418 e. The van der Waals surface area contributed by atoms with E-state index in [0.29, 0.717) is 11.8 Å². The molecular weight excluding hydrogens is 453 g/mol. The van der Waals surface area contributed by atoms with Gasteiger partial charge in [-0.3, -0.25) is 10.1 Å². The molecule has 0 radical (unpaired) electrons. The summed E-state index contributed by atoms with van der Waals surface area (Å²) in [6, 6.07) is 12.8. The van der Waals surface area contributed by atoms with Gasteiger partial charge in [0, 0.05) is 23.4 Å². The minimum atomic E-state index is -5.07. The lowest BCUT2D eigenvalue weighted by atomic mass is 10.1. The van der Waals surface area contributed by atoms with Crippen LogP contribution < -0.4 is 11.1 Å². The molecular formula is C21H13F3N8O2. The van der Waals surface area contributed by atoms with E-state index in [2.05, 4.69) is 20.5 Å². The Kier molecular flexibility index (Phi) is 6.40. The van der Waals surface area contributed by atoms with Crippen LogP contribution in [-0.2, 0) is 6.18 Å². The van der Waals surface area contributed by atoms with Crippen LogP contribution in [0.25, 0.3) is 0 Å². The molecule has 1 heterocycles. The van der Waals surface area contributed by atoms with E-state index < -0.39 is 33.6 Å². The summed E-state index contributed by atoms with van der Waals surface area (Å²) < 4.78 is 40.9. The Morgan fingerprint density at radius 2 is 1.76 bits per heavy atom. The second-order valence-corrected chi connectivity index (χ2v) is 6.75. The molecule has 2 aromatic carbocycles. The number of nitrogen functional groups attached to an aromatic ring is 1. The number of nitriles is 2. The zero-order chi connectivity index (χ0) is 25.0. The Morgan fingerprint density at radius 1 is 1.12 bits per heavy atom. The first kappa shape index (κ1) is 23.6. The van der Waals surface area contributed by atoms with Gasteiger partial charge in [0.25, 0.3) is 5.69 Å². The van der Waals surface area contributed by atoms with Crippen molar-refractivity contribution in [3.63, 3.8) is 0 Å². The molecule has 0 aliphatic carbocycles. The average molecular weight is 466 g/mol. The number of non-ortho nitro benzene ring substituents is 1. The van der Waals surface area contributed by atoms with E-state index in [0.717, 1.165) is 0 Å². The maximum atomic E-state index is 13.6. The predicted molar refractivity (Wildman–Crippen MR) is 115 cm³/mol. The molecule has 34 heavy (non-hydrogen) atoms. The number of nitrogens with two attached hydrogens (primary N) is 1. The molecule has 0 aliphatic heterocycles. The van der Waals surface area contributed by atoms with E-state index in [1.807, 2.05) is 6.07 Å². The highest BCUT2D eigenvalue weighted by Crippen LogP contribution is 2.42. The number of nitrogens with zero attached hydrogens (tertiary/aromatic N) is 6. The third kappa shape index (κ3) is 4.73. The summed E-state index contributed by atoms with van der Waals surface area (Å²) >= 11 is 0. The number of hydrogen-bond acceptors (Lipinski definition) is 9. The van der Waals surface area contributed by atoms with Gasteiger partial charge in [-0.25, -0.2) is 4.98 Å². The fraction of sp³-hybridized carbons (Fsp3) is 0.0952. The van der Waals surface area contributed by atoms with Crippen LogP contribution in [0.15, 0.2) is 52.7 Å². The Bertz CT molecular complexity index is 1390. The second-order valence-electron chi connectivity index (χ2n) is 6.75. The number of hydrogen-bond donors (Lipinski definition) is 2. The molecule has 0 aliphatic rings. The van der Waals surface area contributed by atoms with Gasteiger partial charge in [0.05, 0.1) is 21.6 Å². The van der Waals surface area contributed by atoms with Crippen LogP contribution in [0.1, 0.15) is 22.3 Å². The molecule has 0 fully saturated rings. The molecule has 10 nitrogen and oxygen atoms in total. The van der Waals surface area contributed by atoms with Crippen molar-refractivity contribution in [1.29, 1.82) is 10.5 Å². The van der Waals surface area contributed by atoms with Crippen LogP contribution in [-0.4, -0.2) is 9.91 Å². The molecule has 0 saturated heterocycles. The van der Waals surface area contributed by atoms with Gasteiger partial charge in [0.2, 0.25) is 0 Å². The molecule has 0 bridgehead atoms. The lowest BCUT2D eigenvalue weighted by Crippen LogP contribution is -2.07. The van der Waals surface area contributed by atoms with Crippen molar-refractivity contribution in [2.75, 3.05) is 11.1 Å². The van der Waals surface area contributed by atoms with Crippen molar-refractivity contribution in [3.05, 3.63) is 74.8 Å². The van der Waals surface area contributed by atoms with Crippen molar-refractivity contribution in [2.45, 2.75) is 13.1 Å². The summed E-state index contributed by atoms with van der Waals surface area (Å²) in [7, 11) is 0. The van der Waals surface area contributed by atoms with Gasteiger partial charge in [0.1, 0.15) is 29.3 Å². The summed E-state index contributed by atoms with van der Waals surface area (Å²) in [5.41, 5.74) is 2.32. The van der Waals surface area contributed by atoms with Gasteiger partial charge in [-0.15, -0.1) is 10.2 Å². The molecule has 3 N–H and O–H groups in total. The number of nitro groups is 1. The molecule has 13 heteroatoms. The zero-order valence-corrected chi connectivity index (χ0v) is 17.3. The highest BCUT2D eigenvalue weighted by Gasteiger charge is 2.37. The van der Waals surface area contributed by atoms with Crippen molar-refractivity contribution < 1.29 is 18.1 Å². The number of alkyl halides is 3. The SMILES string of the molecule is Cc1c(C#N)c(N)nc(Nc2ccccc2)c1N=Nc1c(C#N)cc([N+](=O)[O-])cc1C(F)(F)F. The number of pyridine rings is 1. The van der Waals surface area contributed by atoms with Gasteiger partial charge < -0.3 is 11.1 Å². The fourth-order valence-electron chi connectivity index (χ4n) is 2.96. The van der Waals surface area contributed by atoms with Crippen molar-refractivity contribution in [2.24, 2.45) is 10.2 Å². The van der Waals surface area contributed by atoms with Gasteiger partial charge >= 0.3 is 6.18 Å². The normalized spacial score (nSPS) is 11.1. The van der Waals surface area contributed by atoms with Gasteiger partial charge in [0.15, 0.2) is 5.82 Å². The molecule has 0 saturated carbocycles. The van der Waals surface area contributed by atoms with Crippen molar-refractivity contribution in [1.82, 2.24) is 4.98 Å². The van der Waals surface area contributed by atoms with Gasteiger partial charge in [-0.2, -0.15) is 23.7 Å². The molecule has 170 valence electrons. The first-order valence-electron chi connectivity index (χ1n) is 9.30. The van der Waals surface area contributed by atoms with E-state index in [9.17, 15) is 33.8 Å². The monoisotopic (exact) mass is 466 g/mol. The molecule has 0 spiro atoms. The Hall–Kier alpha value is -5.04. The number of nitro benzene ring substituents is 1. The lowest BCUT2D eigenvalue weighted by Gasteiger charge is -2.13. The molecule has 0 amide bonds. The molecule has 1 aromatic heterocycles. The summed E-state index contributed by atoms with van der Waals surface area (Å²) in [5, 5.41) is 40.1. The molecule has 0 unspecified atom stereocenters. The number of benzene rings is 2. The maximum Gasteiger partial charge on any atom is 0.418 e. The quantitative estimate of drug-likeness (QED) is 0.272. The standard InChI is InChI=1S/C21H13F3N8O2/c1-11-15(10-26)19(27)29-20(28-13-5-3-2-4-6-13)17(11)30-31-18-12(9-25)7-14(32(33)34)8-16(18)21(22,23)24/h2-8H,1H3,(H3,27,28,29). The summed E-state index contributed by atoms with van der Waals surface area (Å²) in [6.45, 7) is 1.45. The van der Waals surface area contributed by atoms with E-state index in [1.54, 1.807) is 30.3 Å². The average Bonchev–Trinajstić information content (AvgIpc) is 2.78. The number of para-hydroxylation sites is 1. The summed E-state index contributed by atoms with van der Waals surface area (Å²) in [4.78, 5) is 14.0. The third-order valence-electron chi connectivity index (χ3n) is 4.57. The van der Waals surface area contributed by atoms with Crippen LogP contribution >= 0.6 is 0 Å². The molecule has 0 atom stereocenters. The highest BCUT2D eigenvalue weighted by atomic mass is 19.4. The van der Waals surface area contributed by atoms with Crippen LogP contribution in [0.3, 0.4) is 0 Å². The van der Waals surface area contributed by atoms with Gasteiger partial charge in [-0.05, 0) is 19.1 Å². The number of nitrogens with one attached hydrogen (secondary N) is 1. The number of halogens is 3. The first-order valence-corrected chi connectivity index (χ1v) is 9.30. The Morgan fingerprint density at radius 3 is 2.32 bits per heavy atom. The Balaban J connectivity index is 2.24. The summed E-state index contributed by atoms with van der Waals surface area (Å²) in [5.74, 6) is -0.140. The maximum absolute atomic E-state index is 13.6. The van der Waals surface area contributed by atoms with Gasteiger partial charge in [-0.1, -0.05) is 18.2 Å². The minimum Gasteiger partial charge on any atom is -0.383 e. The topological polar surface area (TPSA) is 166 Å². The zero-order valence-electron chi connectivity index (χ0n) is 17.3. The highest BCUT2D eigenvalue weighted by molar-refractivity contribution is 5.77. The fourth-order valence-corrected chi connectivity index (χ4v) is 2.96. The Labute approximate surface area is 189 Å².